The van der Waals surface area contributed by atoms with Gasteiger partial charge < -0.3 is 9.64 Å². The molecule has 1 amide bonds. The summed E-state index contributed by atoms with van der Waals surface area (Å²) in [6.07, 6.45) is 3.77. The Labute approximate surface area is 208 Å². The minimum atomic E-state index is -3.70. The fourth-order valence-electron chi connectivity index (χ4n) is 4.42. The zero-order valence-electron chi connectivity index (χ0n) is 20.1. The molecular formula is C28H32N2O4S. The van der Waals surface area contributed by atoms with Crippen LogP contribution in [0.2, 0.25) is 0 Å². The third-order valence-electron chi connectivity index (χ3n) is 6.32. The van der Waals surface area contributed by atoms with E-state index in [0.29, 0.717) is 31.9 Å². The summed E-state index contributed by atoms with van der Waals surface area (Å²) in [5, 5.41) is 0. The lowest BCUT2D eigenvalue weighted by Crippen LogP contribution is -2.33. The van der Waals surface area contributed by atoms with E-state index in [-0.39, 0.29) is 16.4 Å². The molecule has 1 fully saturated rings. The zero-order valence-corrected chi connectivity index (χ0v) is 20.9. The van der Waals surface area contributed by atoms with Crippen LogP contribution in [0.1, 0.15) is 47.2 Å². The second kappa shape index (κ2) is 11.5. The van der Waals surface area contributed by atoms with E-state index in [2.05, 4.69) is 0 Å². The molecule has 3 aromatic rings. The van der Waals surface area contributed by atoms with E-state index in [0.717, 1.165) is 36.8 Å². The van der Waals surface area contributed by atoms with Crippen LogP contribution >= 0.6 is 0 Å². The van der Waals surface area contributed by atoms with Crippen molar-refractivity contribution in [2.24, 2.45) is 0 Å². The van der Waals surface area contributed by atoms with Crippen molar-refractivity contribution in [3.05, 3.63) is 95.6 Å². The van der Waals surface area contributed by atoms with E-state index in [1.807, 2.05) is 60.7 Å². The lowest BCUT2D eigenvalue weighted by atomic mass is 10.1. The first-order chi connectivity index (χ1) is 17.0. The maximum Gasteiger partial charge on any atom is 0.258 e. The van der Waals surface area contributed by atoms with Crippen LogP contribution in [0.25, 0.3) is 0 Å². The number of sulfonamides is 1. The van der Waals surface area contributed by atoms with Gasteiger partial charge in [-0.25, -0.2) is 8.42 Å². The Morgan fingerprint density at radius 2 is 1.37 bits per heavy atom. The van der Waals surface area contributed by atoms with E-state index >= 15 is 0 Å². The molecule has 1 heterocycles. The Morgan fingerprint density at radius 1 is 0.829 bits per heavy atom. The van der Waals surface area contributed by atoms with Gasteiger partial charge in [0, 0.05) is 26.2 Å². The summed E-state index contributed by atoms with van der Waals surface area (Å²) < 4.78 is 33.9. The SMILES string of the molecule is COc1ccc(S(=O)(=O)N2CCCCCC2)cc1C(=O)N(Cc1ccccc1)Cc1ccccc1. The first-order valence-electron chi connectivity index (χ1n) is 12.0. The molecule has 0 aromatic heterocycles. The molecule has 1 aliphatic rings. The first kappa shape index (κ1) is 24.9. The number of nitrogens with zero attached hydrogens (tertiary/aromatic N) is 2. The molecule has 1 saturated heterocycles. The number of amides is 1. The topological polar surface area (TPSA) is 66.9 Å². The van der Waals surface area contributed by atoms with Gasteiger partial charge in [0.15, 0.2) is 0 Å². The molecule has 35 heavy (non-hydrogen) atoms. The standard InChI is InChI=1S/C28H32N2O4S/c1-34-27-17-16-25(35(32,33)30-18-10-2-3-11-19-30)20-26(27)28(31)29(21-23-12-6-4-7-13-23)22-24-14-8-5-9-15-24/h4-9,12-17,20H,2-3,10-11,18-19,21-22H2,1H3. The quantitative estimate of drug-likeness (QED) is 0.439. The molecule has 0 aliphatic carbocycles. The van der Waals surface area contributed by atoms with Crippen molar-refractivity contribution < 1.29 is 17.9 Å². The van der Waals surface area contributed by atoms with E-state index in [4.69, 9.17) is 4.74 Å². The van der Waals surface area contributed by atoms with Crippen molar-refractivity contribution in [2.45, 2.75) is 43.7 Å². The zero-order chi connectivity index (χ0) is 24.7. The molecule has 0 radical (unpaired) electrons. The number of carbonyl (C=O) groups is 1. The number of hydrogen-bond donors (Lipinski definition) is 0. The Hall–Kier alpha value is -3.16. The smallest absolute Gasteiger partial charge is 0.258 e. The third-order valence-corrected chi connectivity index (χ3v) is 8.22. The normalized spacial score (nSPS) is 14.8. The Bertz CT molecular complexity index is 1180. The largest absolute Gasteiger partial charge is 0.496 e. The predicted octanol–water partition coefficient (Wildman–Crippen LogP) is 5.10. The molecule has 0 saturated carbocycles. The maximum absolute atomic E-state index is 13.9. The number of carbonyl (C=O) groups excluding carboxylic acids is 1. The van der Waals surface area contributed by atoms with E-state index in [1.54, 1.807) is 15.3 Å². The van der Waals surface area contributed by atoms with Crippen LogP contribution in [0, 0.1) is 0 Å². The van der Waals surface area contributed by atoms with Gasteiger partial charge in [-0.15, -0.1) is 0 Å². The monoisotopic (exact) mass is 492 g/mol. The number of rotatable bonds is 8. The van der Waals surface area contributed by atoms with Gasteiger partial charge in [-0.2, -0.15) is 4.31 Å². The van der Waals surface area contributed by atoms with E-state index < -0.39 is 10.0 Å². The number of benzene rings is 3. The second-order valence-corrected chi connectivity index (χ2v) is 10.8. The van der Waals surface area contributed by atoms with Gasteiger partial charge in [-0.3, -0.25) is 4.79 Å². The molecule has 3 aromatic carbocycles. The summed E-state index contributed by atoms with van der Waals surface area (Å²) in [6.45, 7) is 1.79. The fraction of sp³-hybridized carbons (Fsp3) is 0.321. The minimum absolute atomic E-state index is 0.128. The summed E-state index contributed by atoms with van der Waals surface area (Å²) in [5.41, 5.74) is 2.23. The average Bonchev–Trinajstić information content (AvgIpc) is 3.19. The fourth-order valence-corrected chi connectivity index (χ4v) is 5.97. The van der Waals surface area contributed by atoms with Crippen LogP contribution in [-0.2, 0) is 23.1 Å². The lowest BCUT2D eigenvalue weighted by Gasteiger charge is -2.25. The van der Waals surface area contributed by atoms with Gasteiger partial charge in [0.2, 0.25) is 10.0 Å². The van der Waals surface area contributed by atoms with Crippen LogP contribution in [0.5, 0.6) is 5.75 Å². The van der Waals surface area contributed by atoms with Gasteiger partial charge in [-0.1, -0.05) is 73.5 Å². The molecular weight excluding hydrogens is 460 g/mol. The van der Waals surface area contributed by atoms with Crippen molar-refractivity contribution in [3.8, 4) is 5.75 Å². The molecule has 4 rings (SSSR count). The first-order valence-corrected chi connectivity index (χ1v) is 13.5. The highest BCUT2D eigenvalue weighted by atomic mass is 32.2. The summed E-state index contributed by atoms with van der Waals surface area (Å²) in [6, 6.07) is 24.1. The average molecular weight is 493 g/mol. The second-order valence-electron chi connectivity index (χ2n) is 8.81. The Morgan fingerprint density at radius 3 is 1.89 bits per heavy atom. The van der Waals surface area contributed by atoms with E-state index in [1.165, 1.54) is 19.2 Å². The minimum Gasteiger partial charge on any atom is -0.496 e. The van der Waals surface area contributed by atoms with Crippen molar-refractivity contribution in [2.75, 3.05) is 20.2 Å². The highest BCUT2D eigenvalue weighted by Crippen LogP contribution is 2.28. The lowest BCUT2D eigenvalue weighted by molar-refractivity contribution is 0.0726. The van der Waals surface area contributed by atoms with Gasteiger partial charge in [0.05, 0.1) is 17.6 Å². The summed E-state index contributed by atoms with van der Waals surface area (Å²) in [7, 11) is -2.21. The van der Waals surface area contributed by atoms with Gasteiger partial charge >= 0.3 is 0 Å². The van der Waals surface area contributed by atoms with Crippen LogP contribution < -0.4 is 4.74 Å². The van der Waals surface area contributed by atoms with Gasteiger partial charge in [-0.05, 0) is 42.2 Å². The van der Waals surface area contributed by atoms with Crippen molar-refractivity contribution >= 4 is 15.9 Å². The number of methoxy groups -OCH3 is 1. The maximum atomic E-state index is 13.9. The summed E-state index contributed by atoms with van der Waals surface area (Å²) in [5.74, 6) is 0.0819. The molecule has 0 bridgehead atoms. The molecule has 0 unspecified atom stereocenters. The molecule has 0 spiro atoms. The molecule has 0 N–H and O–H groups in total. The molecule has 6 nitrogen and oxygen atoms in total. The molecule has 184 valence electrons. The Kier molecular flexibility index (Phi) is 8.21. The van der Waals surface area contributed by atoms with Crippen molar-refractivity contribution in [1.29, 1.82) is 0 Å². The van der Waals surface area contributed by atoms with Gasteiger partial charge in [0.1, 0.15) is 5.75 Å². The van der Waals surface area contributed by atoms with Crippen LogP contribution in [-0.4, -0.2) is 43.7 Å². The highest BCUT2D eigenvalue weighted by molar-refractivity contribution is 7.89. The van der Waals surface area contributed by atoms with Crippen molar-refractivity contribution in [1.82, 2.24) is 9.21 Å². The third kappa shape index (κ3) is 6.10. The highest BCUT2D eigenvalue weighted by Gasteiger charge is 2.28. The number of ether oxygens (including phenoxy) is 1. The molecule has 0 atom stereocenters. The summed E-state index contributed by atoms with van der Waals surface area (Å²) >= 11 is 0. The molecule has 1 aliphatic heterocycles. The predicted molar refractivity (Wildman–Crippen MR) is 137 cm³/mol. The van der Waals surface area contributed by atoms with Gasteiger partial charge in [0.25, 0.3) is 5.91 Å². The molecule has 7 heteroatoms. The van der Waals surface area contributed by atoms with Crippen molar-refractivity contribution in [3.63, 3.8) is 0 Å². The van der Waals surface area contributed by atoms with Crippen LogP contribution in [0.15, 0.2) is 83.8 Å². The van der Waals surface area contributed by atoms with E-state index in [9.17, 15) is 13.2 Å². The summed E-state index contributed by atoms with van der Waals surface area (Å²) in [4.78, 5) is 15.7. The van der Waals surface area contributed by atoms with Crippen LogP contribution in [0.3, 0.4) is 0 Å². The number of hydrogen-bond acceptors (Lipinski definition) is 4. The Balaban J connectivity index is 1.69. The van der Waals surface area contributed by atoms with Crippen LogP contribution in [0.4, 0.5) is 0 Å².